The number of alkyl halides is 4. The zero-order chi connectivity index (χ0) is 31.1. The van der Waals surface area contributed by atoms with Gasteiger partial charge in [-0.3, -0.25) is 4.79 Å². The number of halogens is 4. The maximum absolute atomic E-state index is 14.7. The van der Waals surface area contributed by atoms with Crippen LogP contribution in [0.3, 0.4) is 0 Å². The van der Waals surface area contributed by atoms with E-state index in [1.54, 1.807) is 36.5 Å². The molecule has 0 radical (unpaired) electrons. The number of amides is 1. The van der Waals surface area contributed by atoms with Crippen LogP contribution in [0.2, 0.25) is 0 Å². The minimum absolute atomic E-state index is 0.0388. The van der Waals surface area contributed by atoms with Crippen LogP contribution in [0.4, 0.5) is 23.2 Å². The normalized spacial score (nSPS) is 21.0. The molecule has 0 aliphatic carbocycles. The number of fused-ring (bicyclic) bond motifs is 1. The molecule has 0 saturated carbocycles. The molecule has 2 aliphatic heterocycles. The highest BCUT2D eigenvalue weighted by Crippen LogP contribution is 2.35. The Balaban J connectivity index is 1.22. The van der Waals surface area contributed by atoms with Crippen molar-refractivity contribution in [2.24, 2.45) is 0 Å². The van der Waals surface area contributed by atoms with Gasteiger partial charge in [0.15, 0.2) is 0 Å². The lowest BCUT2D eigenvalue weighted by molar-refractivity contribution is -0.139. The molecular weight excluding hydrogens is 582 g/mol. The van der Waals surface area contributed by atoms with Gasteiger partial charge in [-0.25, -0.2) is 4.39 Å². The average Bonchev–Trinajstić information content (AvgIpc) is 3.73. The summed E-state index contributed by atoms with van der Waals surface area (Å²) in [5, 5.41) is 10.4. The number of carbonyl (C=O) groups is 1. The number of hydrogen-bond donors (Lipinski definition) is 2. The van der Waals surface area contributed by atoms with Crippen LogP contribution in [0.1, 0.15) is 42.4 Å². The average molecular weight is 618 g/mol. The summed E-state index contributed by atoms with van der Waals surface area (Å²) in [5.41, 5.74) is 1.23. The van der Waals surface area contributed by atoms with Gasteiger partial charge in [-0.1, -0.05) is 11.2 Å². The van der Waals surface area contributed by atoms with Gasteiger partial charge in [0.05, 0.1) is 29.4 Å². The monoisotopic (exact) mass is 617 g/mol. The summed E-state index contributed by atoms with van der Waals surface area (Å²) in [6.45, 7) is 3.15. The maximum Gasteiger partial charge on any atom is 0.406 e. The Hall–Kier alpha value is -3.91. The lowest BCUT2D eigenvalue weighted by Crippen LogP contribution is -2.47. The Bertz CT molecular complexity index is 1620. The third kappa shape index (κ3) is 6.32. The van der Waals surface area contributed by atoms with Crippen molar-refractivity contribution in [2.45, 2.75) is 63.2 Å². The molecule has 0 bridgehead atoms. The van der Waals surface area contributed by atoms with Gasteiger partial charge in [0.2, 0.25) is 11.7 Å². The zero-order valence-electron chi connectivity index (χ0n) is 24.5. The molecule has 2 aliphatic rings. The largest absolute Gasteiger partial charge is 0.406 e. The Labute approximate surface area is 251 Å². The van der Waals surface area contributed by atoms with Gasteiger partial charge in [0, 0.05) is 55.3 Å². The first-order valence-corrected chi connectivity index (χ1v) is 14.6. The van der Waals surface area contributed by atoms with Crippen LogP contribution in [-0.4, -0.2) is 81.8 Å². The predicted molar refractivity (Wildman–Crippen MR) is 155 cm³/mol. The molecule has 14 heteroatoms. The standard InChI is InChI=1S/C30H35F4N7O3/c1-29(8-12-43-13-9-29)40-11-6-19(16-40)28(42)35-15-26-37-27(38-44-26)25-14-20-22(36-23-17-39(2)10-7-21(23)31)4-3-5-24(20)41(25)18-30(32,33)34/h3-6,11,14,16,21,23,36H,7-10,12-13,15,17-18H2,1-2H3,(H,35,42)/t21-,23+/m1/s1. The van der Waals surface area contributed by atoms with Crippen LogP contribution in [0.25, 0.3) is 22.4 Å². The quantitative estimate of drug-likeness (QED) is 0.270. The van der Waals surface area contributed by atoms with Crippen LogP contribution in [0, 0.1) is 0 Å². The fourth-order valence-electron chi connectivity index (χ4n) is 5.99. The van der Waals surface area contributed by atoms with Crippen molar-refractivity contribution in [2.75, 3.05) is 38.7 Å². The molecule has 2 saturated heterocycles. The van der Waals surface area contributed by atoms with Crippen molar-refractivity contribution in [3.63, 3.8) is 0 Å². The van der Waals surface area contributed by atoms with Gasteiger partial charge >= 0.3 is 6.18 Å². The number of benzene rings is 1. The smallest absolute Gasteiger partial charge is 0.381 e. The van der Waals surface area contributed by atoms with E-state index in [4.69, 9.17) is 9.26 Å². The number of nitrogens with one attached hydrogen (secondary N) is 2. The van der Waals surface area contributed by atoms with Crippen LogP contribution in [0.5, 0.6) is 0 Å². The van der Waals surface area contributed by atoms with E-state index < -0.39 is 24.9 Å². The highest BCUT2D eigenvalue weighted by molar-refractivity contribution is 5.96. The minimum Gasteiger partial charge on any atom is -0.381 e. The number of piperidine rings is 1. The van der Waals surface area contributed by atoms with Crippen molar-refractivity contribution < 1.29 is 31.6 Å². The third-order valence-corrected chi connectivity index (χ3v) is 8.60. The molecule has 10 nitrogen and oxygen atoms in total. The number of likely N-dealkylation sites (N-methyl/N-ethyl adjacent to an activating group) is 1. The highest BCUT2D eigenvalue weighted by Gasteiger charge is 2.33. The maximum atomic E-state index is 14.7. The molecule has 0 unspecified atom stereocenters. The Morgan fingerprint density at radius 2 is 2.00 bits per heavy atom. The fraction of sp³-hybridized carbons (Fsp3) is 0.500. The summed E-state index contributed by atoms with van der Waals surface area (Å²) in [6, 6.07) is 7.70. The van der Waals surface area contributed by atoms with E-state index in [0.717, 1.165) is 17.4 Å². The topological polar surface area (TPSA) is 102 Å². The number of ether oxygens (including phenoxy) is 1. The van der Waals surface area contributed by atoms with Crippen molar-refractivity contribution in [3.8, 4) is 11.5 Å². The highest BCUT2D eigenvalue weighted by atomic mass is 19.4. The van der Waals surface area contributed by atoms with E-state index in [9.17, 15) is 22.4 Å². The molecule has 5 heterocycles. The van der Waals surface area contributed by atoms with E-state index in [2.05, 4.69) is 27.7 Å². The van der Waals surface area contributed by atoms with Crippen LogP contribution < -0.4 is 10.6 Å². The molecule has 2 atom stereocenters. The van der Waals surface area contributed by atoms with Crippen molar-refractivity contribution in [1.29, 1.82) is 0 Å². The molecular formula is C30H35F4N7O3. The lowest BCUT2D eigenvalue weighted by Gasteiger charge is -2.35. The second-order valence-electron chi connectivity index (χ2n) is 11.9. The van der Waals surface area contributed by atoms with Crippen molar-refractivity contribution in [3.05, 3.63) is 54.2 Å². The van der Waals surface area contributed by atoms with Gasteiger partial charge in [-0.2, -0.15) is 18.2 Å². The first-order valence-electron chi connectivity index (χ1n) is 14.6. The summed E-state index contributed by atoms with van der Waals surface area (Å²) in [4.78, 5) is 19.2. The summed E-state index contributed by atoms with van der Waals surface area (Å²) in [7, 11) is 1.90. The molecule has 6 rings (SSSR count). The third-order valence-electron chi connectivity index (χ3n) is 8.60. The molecule has 44 heavy (non-hydrogen) atoms. The van der Waals surface area contributed by atoms with Gasteiger partial charge in [0.1, 0.15) is 12.7 Å². The van der Waals surface area contributed by atoms with Crippen molar-refractivity contribution >= 4 is 22.5 Å². The van der Waals surface area contributed by atoms with E-state index in [0.29, 0.717) is 54.9 Å². The number of aromatic nitrogens is 4. The zero-order valence-corrected chi connectivity index (χ0v) is 24.5. The minimum atomic E-state index is -4.53. The number of likely N-dealkylation sites (tertiary alicyclic amines) is 1. The Morgan fingerprint density at radius 3 is 2.77 bits per heavy atom. The SMILES string of the molecule is CN1CC[C@@H](F)[C@@H](Nc2cccc3c2cc(-c2noc(CNC(=O)c4ccn(C5(C)CCOCC5)c4)n2)n3CC(F)(F)F)C1. The fourth-order valence-corrected chi connectivity index (χ4v) is 5.99. The van der Waals surface area contributed by atoms with E-state index in [-0.39, 0.29) is 35.4 Å². The number of nitrogens with zero attached hydrogens (tertiary/aromatic N) is 5. The molecule has 2 N–H and O–H groups in total. The summed E-state index contributed by atoms with van der Waals surface area (Å²) in [5.74, 6) is -0.363. The van der Waals surface area contributed by atoms with Crippen LogP contribution in [-0.2, 0) is 23.4 Å². The first kappa shape index (κ1) is 30.1. The molecule has 236 valence electrons. The number of rotatable bonds is 8. The molecule has 0 spiro atoms. The molecule has 3 aromatic heterocycles. The summed E-state index contributed by atoms with van der Waals surface area (Å²) >= 11 is 0. The van der Waals surface area contributed by atoms with E-state index in [1.165, 1.54) is 0 Å². The van der Waals surface area contributed by atoms with E-state index in [1.807, 2.05) is 22.7 Å². The molecule has 1 aromatic carbocycles. The molecule has 4 aromatic rings. The number of hydrogen-bond acceptors (Lipinski definition) is 7. The number of carbonyl (C=O) groups excluding carboxylic acids is 1. The van der Waals surface area contributed by atoms with Crippen molar-refractivity contribution in [1.82, 2.24) is 29.5 Å². The first-order chi connectivity index (χ1) is 21.0. The van der Waals surface area contributed by atoms with E-state index >= 15 is 0 Å². The predicted octanol–water partition coefficient (Wildman–Crippen LogP) is 4.96. The summed E-state index contributed by atoms with van der Waals surface area (Å²) < 4.78 is 69.8. The van der Waals surface area contributed by atoms with Gasteiger partial charge < -0.3 is 33.9 Å². The molecule has 1 amide bonds. The summed E-state index contributed by atoms with van der Waals surface area (Å²) in [6.07, 6.45) is 0.0867. The molecule has 2 fully saturated rings. The van der Waals surface area contributed by atoms with Gasteiger partial charge in [-0.15, -0.1) is 0 Å². The Morgan fingerprint density at radius 1 is 1.20 bits per heavy atom. The van der Waals surface area contributed by atoms with Gasteiger partial charge in [0.25, 0.3) is 5.91 Å². The van der Waals surface area contributed by atoms with Crippen LogP contribution >= 0.6 is 0 Å². The van der Waals surface area contributed by atoms with Crippen LogP contribution in [0.15, 0.2) is 47.2 Å². The van der Waals surface area contributed by atoms with Gasteiger partial charge in [-0.05, 0) is 57.5 Å². The lowest BCUT2D eigenvalue weighted by atomic mass is 9.92. The second-order valence-corrected chi connectivity index (χ2v) is 11.9. The number of anilines is 1. The Kier molecular flexibility index (Phi) is 8.14. The second kappa shape index (κ2) is 11.9.